The molecule has 0 fully saturated rings. The van der Waals surface area contributed by atoms with E-state index in [0.29, 0.717) is 23.3 Å². The summed E-state index contributed by atoms with van der Waals surface area (Å²) in [6, 6.07) is 5.81. The highest BCUT2D eigenvalue weighted by Gasteiger charge is 2.10. The average molecular weight is 511 g/mol. The first-order valence-electron chi connectivity index (χ1n) is 8.07. The van der Waals surface area contributed by atoms with Gasteiger partial charge in [0.25, 0.3) is 0 Å². The molecule has 6 nitrogen and oxygen atoms in total. The van der Waals surface area contributed by atoms with Crippen LogP contribution in [-0.4, -0.2) is 36.2 Å². The smallest absolute Gasteiger partial charge is 0.191 e. The summed E-state index contributed by atoms with van der Waals surface area (Å²) in [5.74, 6) is 1.65. The minimum Gasteiger partial charge on any atom is -0.362 e. The van der Waals surface area contributed by atoms with Gasteiger partial charge in [-0.1, -0.05) is 29.3 Å². The number of aromatic nitrogens is 2. The summed E-state index contributed by atoms with van der Waals surface area (Å²) in [7, 11) is 5.83. The summed E-state index contributed by atoms with van der Waals surface area (Å²) >= 11 is 12.2. The van der Waals surface area contributed by atoms with Crippen LogP contribution in [0.4, 0.5) is 5.82 Å². The van der Waals surface area contributed by atoms with E-state index in [-0.39, 0.29) is 24.0 Å². The maximum Gasteiger partial charge on any atom is 0.191 e. The summed E-state index contributed by atoms with van der Waals surface area (Å²) in [6.45, 7) is 3.91. The van der Waals surface area contributed by atoms with Crippen LogP contribution in [0.3, 0.4) is 0 Å². The lowest BCUT2D eigenvalue weighted by Crippen LogP contribution is -2.37. The van der Waals surface area contributed by atoms with Gasteiger partial charge < -0.3 is 20.1 Å². The van der Waals surface area contributed by atoms with E-state index in [1.807, 2.05) is 55.7 Å². The van der Waals surface area contributed by atoms with Gasteiger partial charge in [0.05, 0.1) is 18.1 Å². The summed E-state index contributed by atoms with van der Waals surface area (Å²) in [6.07, 6.45) is 1.79. The summed E-state index contributed by atoms with van der Waals surface area (Å²) in [4.78, 5) is 11.0. The van der Waals surface area contributed by atoms with E-state index in [9.17, 15) is 0 Å². The van der Waals surface area contributed by atoms with Gasteiger partial charge in [-0.15, -0.1) is 24.0 Å². The van der Waals surface area contributed by atoms with E-state index in [2.05, 4.69) is 20.6 Å². The maximum atomic E-state index is 6.11. The van der Waals surface area contributed by atoms with Crippen LogP contribution in [0.5, 0.6) is 0 Å². The lowest BCUT2D eigenvalue weighted by atomic mass is 10.2. The molecule has 2 heterocycles. The third-order valence-corrected chi connectivity index (χ3v) is 4.54. The first-order chi connectivity index (χ1) is 11.9. The Morgan fingerprint density at radius 3 is 2.62 bits per heavy atom. The Hall–Kier alpha value is -1.19. The third-order valence-electron chi connectivity index (χ3n) is 3.70. The molecular weight excluding hydrogens is 486 g/mol. The molecule has 0 radical (unpaired) electrons. The average Bonchev–Trinajstić information content (AvgIpc) is 2.84. The first-order valence-corrected chi connectivity index (χ1v) is 8.82. The highest BCUT2D eigenvalue weighted by Crippen LogP contribution is 2.24. The molecule has 2 aromatic rings. The molecule has 0 spiro atoms. The molecule has 0 aromatic carbocycles. The number of pyridine rings is 1. The van der Waals surface area contributed by atoms with Crippen LogP contribution in [0.15, 0.2) is 29.4 Å². The molecule has 0 saturated carbocycles. The summed E-state index contributed by atoms with van der Waals surface area (Å²) in [5.41, 5.74) is 2.05. The molecule has 0 aliphatic rings. The second kappa shape index (κ2) is 10.8. The topological polar surface area (TPSA) is 57.5 Å². The fraction of sp³-hybridized carbons (Fsp3) is 0.412. The van der Waals surface area contributed by atoms with Crippen LogP contribution in [0, 0.1) is 0 Å². The molecule has 0 saturated heterocycles. The van der Waals surface area contributed by atoms with Crippen molar-refractivity contribution in [2.75, 3.05) is 25.5 Å². The van der Waals surface area contributed by atoms with Crippen molar-refractivity contribution < 1.29 is 0 Å². The molecule has 0 atom stereocenters. The highest BCUT2D eigenvalue weighted by atomic mass is 127. The number of guanidine groups is 1. The molecule has 0 aliphatic heterocycles. The van der Waals surface area contributed by atoms with E-state index >= 15 is 0 Å². The molecule has 2 aromatic heterocycles. The van der Waals surface area contributed by atoms with E-state index in [1.54, 1.807) is 6.20 Å². The number of aliphatic imine (C=N–C) groups is 1. The number of rotatable bonds is 6. The van der Waals surface area contributed by atoms with Crippen molar-refractivity contribution in [2.24, 2.45) is 12.0 Å². The lowest BCUT2D eigenvalue weighted by molar-refractivity contribution is 0.752. The normalized spacial score (nSPS) is 11.1. The minimum absolute atomic E-state index is 0. The van der Waals surface area contributed by atoms with E-state index in [1.165, 1.54) is 0 Å². The van der Waals surface area contributed by atoms with Crippen molar-refractivity contribution in [2.45, 2.75) is 20.0 Å². The lowest BCUT2D eigenvalue weighted by Gasteiger charge is -2.16. The van der Waals surface area contributed by atoms with E-state index in [4.69, 9.17) is 23.2 Å². The number of hydrogen-bond donors (Lipinski definition) is 2. The van der Waals surface area contributed by atoms with Crippen molar-refractivity contribution >= 4 is 59.0 Å². The number of nitrogens with zero attached hydrogens (tertiary/aromatic N) is 4. The SMILES string of the molecule is CCNC(=NCc1cccnc1N(C)C)NCc1cc(Cl)c(Cl)n1C.I. The molecule has 0 bridgehead atoms. The van der Waals surface area contributed by atoms with E-state index < -0.39 is 0 Å². The predicted molar refractivity (Wildman–Crippen MR) is 121 cm³/mol. The molecule has 26 heavy (non-hydrogen) atoms. The van der Waals surface area contributed by atoms with Crippen LogP contribution >= 0.6 is 47.2 Å². The van der Waals surface area contributed by atoms with Crippen LogP contribution in [0.1, 0.15) is 18.2 Å². The second-order valence-electron chi connectivity index (χ2n) is 5.76. The van der Waals surface area contributed by atoms with Crippen LogP contribution in [0.2, 0.25) is 10.2 Å². The van der Waals surface area contributed by atoms with Gasteiger partial charge in [0.15, 0.2) is 5.96 Å². The molecule has 0 aliphatic carbocycles. The van der Waals surface area contributed by atoms with Gasteiger partial charge in [-0.25, -0.2) is 9.98 Å². The largest absolute Gasteiger partial charge is 0.362 e. The number of halogens is 3. The van der Waals surface area contributed by atoms with Crippen LogP contribution in [-0.2, 0) is 20.1 Å². The van der Waals surface area contributed by atoms with Gasteiger partial charge in [0.1, 0.15) is 11.0 Å². The van der Waals surface area contributed by atoms with E-state index in [0.717, 1.165) is 29.6 Å². The zero-order valence-corrected chi connectivity index (χ0v) is 19.2. The fourth-order valence-electron chi connectivity index (χ4n) is 2.40. The van der Waals surface area contributed by atoms with Gasteiger partial charge in [0.2, 0.25) is 0 Å². The highest BCUT2D eigenvalue weighted by molar-refractivity contribution is 14.0. The molecular formula is C17H25Cl2IN6. The third kappa shape index (κ3) is 5.92. The second-order valence-corrected chi connectivity index (χ2v) is 6.53. The van der Waals surface area contributed by atoms with Crippen molar-refractivity contribution in [1.29, 1.82) is 0 Å². The van der Waals surface area contributed by atoms with Gasteiger partial charge in [0, 0.05) is 45.1 Å². The van der Waals surface area contributed by atoms with Crippen molar-refractivity contribution in [3.05, 3.63) is 45.8 Å². The van der Waals surface area contributed by atoms with Gasteiger partial charge in [-0.2, -0.15) is 0 Å². The van der Waals surface area contributed by atoms with Gasteiger partial charge in [-0.05, 0) is 19.1 Å². The van der Waals surface area contributed by atoms with Gasteiger partial charge in [-0.3, -0.25) is 0 Å². The summed E-state index contributed by atoms with van der Waals surface area (Å²) in [5, 5.41) is 7.63. The molecule has 2 N–H and O–H groups in total. The first kappa shape index (κ1) is 22.9. The number of anilines is 1. The van der Waals surface area contributed by atoms with Crippen molar-refractivity contribution in [3.8, 4) is 0 Å². The fourth-order valence-corrected chi connectivity index (χ4v) is 2.81. The van der Waals surface area contributed by atoms with Crippen LogP contribution < -0.4 is 15.5 Å². The molecule has 0 unspecified atom stereocenters. The molecule has 144 valence electrons. The Bertz CT molecular complexity index is 745. The quantitative estimate of drug-likeness (QED) is 0.353. The van der Waals surface area contributed by atoms with Crippen molar-refractivity contribution in [3.63, 3.8) is 0 Å². The zero-order valence-electron chi connectivity index (χ0n) is 15.4. The molecule has 2 rings (SSSR count). The van der Waals surface area contributed by atoms with Crippen molar-refractivity contribution in [1.82, 2.24) is 20.2 Å². The Labute approximate surface area is 182 Å². The van der Waals surface area contributed by atoms with Gasteiger partial charge >= 0.3 is 0 Å². The number of hydrogen-bond acceptors (Lipinski definition) is 3. The summed E-state index contributed by atoms with van der Waals surface area (Å²) < 4.78 is 1.85. The number of nitrogens with one attached hydrogen (secondary N) is 2. The molecule has 0 amide bonds. The zero-order chi connectivity index (χ0) is 18.4. The Morgan fingerprint density at radius 2 is 2.04 bits per heavy atom. The molecule has 9 heteroatoms. The maximum absolute atomic E-state index is 6.11. The standard InChI is InChI=1S/C17H24Cl2N6.HI/c1-5-20-17(23-11-13-9-14(18)15(19)25(13)4)22-10-12-7-6-8-21-16(12)24(2)3;/h6-9H,5,10-11H2,1-4H3,(H2,20,22,23);1H. The minimum atomic E-state index is 0. The predicted octanol–water partition coefficient (Wildman–Crippen LogP) is 3.67. The monoisotopic (exact) mass is 510 g/mol. The Morgan fingerprint density at radius 1 is 1.31 bits per heavy atom. The Balaban J connectivity index is 0.00000338. The Kier molecular flexibility index (Phi) is 9.52. The van der Waals surface area contributed by atoms with Crippen LogP contribution in [0.25, 0.3) is 0 Å².